The number of nitrogens with zero attached hydrogens (tertiary/aromatic N) is 2. The van der Waals surface area contributed by atoms with E-state index in [0.29, 0.717) is 36.6 Å². The van der Waals surface area contributed by atoms with E-state index in [1.165, 1.54) is 12.8 Å². The first kappa shape index (κ1) is 24.4. The average molecular weight is 488 g/mol. The molecule has 0 aliphatic carbocycles. The molecule has 1 aromatic carbocycles. The molecule has 2 aliphatic rings. The van der Waals surface area contributed by atoms with Crippen molar-refractivity contribution in [2.45, 2.75) is 37.3 Å². The Hall–Kier alpha value is -2.72. The summed E-state index contributed by atoms with van der Waals surface area (Å²) in [4.78, 5) is 36.2. The number of carbonyl (C=O) groups is 2. The van der Waals surface area contributed by atoms with E-state index in [1.54, 1.807) is 43.4 Å². The molecule has 2 aromatic rings. The zero-order valence-electron chi connectivity index (χ0n) is 20.0. The molecule has 0 saturated carbocycles. The number of amides is 2. The van der Waals surface area contributed by atoms with Crippen molar-refractivity contribution in [1.29, 1.82) is 0 Å². The lowest BCUT2D eigenvalue weighted by atomic mass is 9.80. The molecular formula is C24H33N5O4S. The molecule has 1 atom stereocenters. The van der Waals surface area contributed by atoms with Crippen LogP contribution in [0.1, 0.15) is 41.0 Å². The summed E-state index contributed by atoms with van der Waals surface area (Å²) in [6.07, 6.45) is 6.88. The molecule has 3 N–H and O–H groups in total. The van der Waals surface area contributed by atoms with Crippen LogP contribution >= 0.6 is 11.8 Å². The predicted molar refractivity (Wildman–Crippen MR) is 132 cm³/mol. The smallest absolute Gasteiger partial charge is 0.252 e. The van der Waals surface area contributed by atoms with Crippen molar-refractivity contribution in [3.8, 4) is 11.5 Å². The first-order chi connectivity index (χ1) is 16.5. The molecule has 0 radical (unpaired) electrons. The number of carbonyl (C=O) groups excluding carboxylic acids is 2. The number of fused-ring (bicyclic) bond motifs is 2. The van der Waals surface area contributed by atoms with Crippen LogP contribution in [-0.2, 0) is 16.8 Å². The van der Waals surface area contributed by atoms with Gasteiger partial charge in [0.1, 0.15) is 6.04 Å². The SMILES string of the molecule is COc1ccc(C(=O)N[C@H](CCSC)C(=O)N2CCC3(CC2)NCCc2[nH]cnc23)cc1OC. The summed E-state index contributed by atoms with van der Waals surface area (Å²) >= 11 is 1.66. The number of aromatic nitrogens is 2. The minimum absolute atomic E-state index is 0.0317. The molecule has 3 heterocycles. The Morgan fingerprint density at radius 3 is 2.71 bits per heavy atom. The number of methoxy groups -OCH3 is 2. The maximum absolute atomic E-state index is 13.5. The average Bonchev–Trinajstić information content (AvgIpc) is 3.36. The molecule has 2 amide bonds. The van der Waals surface area contributed by atoms with E-state index in [1.807, 2.05) is 11.2 Å². The third-order valence-corrected chi connectivity index (χ3v) is 7.44. The topological polar surface area (TPSA) is 109 Å². The third kappa shape index (κ3) is 4.88. The number of H-pyrrole nitrogens is 1. The molecule has 1 fully saturated rings. The van der Waals surface area contributed by atoms with Gasteiger partial charge in [-0.2, -0.15) is 11.8 Å². The van der Waals surface area contributed by atoms with Crippen LogP contribution in [0.4, 0.5) is 0 Å². The van der Waals surface area contributed by atoms with Gasteiger partial charge in [0, 0.05) is 37.3 Å². The lowest BCUT2D eigenvalue weighted by Crippen LogP contribution is -2.57. The Kier molecular flexibility index (Phi) is 7.67. The first-order valence-corrected chi connectivity index (χ1v) is 13.0. The van der Waals surface area contributed by atoms with Crippen LogP contribution in [0.2, 0.25) is 0 Å². The van der Waals surface area contributed by atoms with Crippen LogP contribution in [-0.4, -0.2) is 78.6 Å². The lowest BCUT2D eigenvalue weighted by Gasteiger charge is -2.44. The summed E-state index contributed by atoms with van der Waals surface area (Å²) in [7, 11) is 3.08. The number of rotatable bonds is 8. The number of benzene rings is 1. The number of ether oxygens (including phenoxy) is 2. The van der Waals surface area contributed by atoms with E-state index in [-0.39, 0.29) is 17.4 Å². The van der Waals surface area contributed by atoms with E-state index >= 15 is 0 Å². The number of imidazole rings is 1. The molecule has 9 nitrogen and oxygen atoms in total. The summed E-state index contributed by atoms with van der Waals surface area (Å²) < 4.78 is 10.6. The molecule has 2 aliphatic heterocycles. The van der Waals surface area contributed by atoms with Gasteiger partial charge < -0.3 is 30.0 Å². The molecule has 0 unspecified atom stereocenters. The van der Waals surface area contributed by atoms with Crippen LogP contribution < -0.4 is 20.1 Å². The van der Waals surface area contributed by atoms with Gasteiger partial charge in [-0.3, -0.25) is 9.59 Å². The molecule has 184 valence electrons. The molecule has 0 bridgehead atoms. The Labute approximate surface area is 204 Å². The summed E-state index contributed by atoms with van der Waals surface area (Å²) in [6, 6.07) is 4.41. The Morgan fingerprint density at radius 1 is 1.24 bits per heavy atom. The monoisotopic (exact) mass is 487 g/mol. The van der Waals surface area contributed by atoms with Gasteiger partial charge in [-0.05, 0) is 49.5 Å². The van der Waals surface area contributed by atoms with E-state index < -0.39 is 6.04 Å². The number of nitrogens with one attached hydrogen (secondary N) is 3. The molecular weight excluding hydrogens is 454 g/mol. The normalized spacial score (nSPS) is 17.7. The number of aromatic amines is 1. The molecule has 34 heavy (non-hydrogen) atoms. The molecule has 1 saturated heterocycles. The predicted octanol–water partition coefficient (Wildman–Crippen LogP) is 1.94. The summed E-state index contributed by atoms with van der Waals surface area (Å²) in [5.41, 5.74) is 2.53. The van der Waals surface area contributed by atoms with Crippen LogP contribution in [0.5, 0.6) is 11.5 Å². The van der Waals surface area contributed by atoms with E-state index in [2.05, 4.69) is 20.6 Å². The largest absolute Gasteiger partial charge is 0.493 e. The quantitative estimate of drug-likeness (QED) is 0.522. The number of hydrogen-bond donors (Lipinski definition) is 3. The van der Waals surface area contributed by atoms with Crippen molar-refractivity contribution in [1.82, 2.24) is 25.5 Å². The van der Waals surface area contributed by atoms with Crippen molar-refractivity contribution in [2.75, 3.05) is 45.9 Å². The summed E-state index contributed by atoms with van der Waals surface area (Å²) in [6.45, 7) is 2.15. The Morgan fingerprint density at radius 2 is 2.00 bits per heavy atom. The lowest BCUT2D eigenvalue weighted by molar-refractivity contribution is -0.135. The number of likely N-dealkylation sites (tertiary alicyclic amines) is 1. The minimum atomic E-state index is -0.581. The van der Waals surface area contributed by atoms with E-state index in [9.17, 15) is 9.59 Å². The number of thioether (sulfide) groups is 1. The van der Waals surface area contributed by atoms with Gasteiger partial charge in [-0.1, -0.05) is 0 Å². The minimum Gasteiger partial charge on any atom is -0.493 e. The number of hydrogen-bond acceptors (Lipinski definition) is 7. The van der Waals surface area contributed by atoms with Gasteiger partial charge in [0.2, 0.25) is 5.91 Å². The summed E-state index contributed by atoms with van der Waals surface area (Å²) in [5.74, 6) is 1.46. The molecule has 1 aromatic heterocycles. The highest BCUT2D eigenvalue weighted by Crippen LogP contribution is 2.36. The maximum Gasteiger partial charge on any atom is 0.252 e. The van der Waals surface area contributed by atoms with Crippen molar-refractivity contribution >= 4 is 23.6 Å². The van der Waals surface area contributed by atoms with Gasteiger partial charge >= 0.3 is 0 Å². The second-order valence-electron chi connectivity index (χ2n) is 8.69. The van der Waals surface area contributed by atoms with Gasteiger partial charge in [-0.25, -0.2) is 4.98 Å². The second-order valence-corrected chi connectivity index (χ2v) is 9.68. The molecule has 10 heteroatoms. The first-order valence-electron chi connectivity index (χ1n) is 11.6. The standard InChI is InChI=1S/C24H33N5O4S/c1-32-19-5-4-16(14-20(19)33-2)22(30)28-18(7-13-34-3)23(31)29-11-8-24(9-12-29)21-17(6-10-27-24)25-15-26-21/h4-5,14-15,18,27H,6-13H2,1-3H3,(H,25,26)(H,28,30)/t18-/m1/s1. The van der Waals surface area contributed by atoms with Crippen LogP contribution in [0.15, 0.2) is 24.5 Å². The maximum atomic E-state index is 13.5. The fraction of sp³-hybridized carbons (Fsp3) is 0.542. The van der Waals surface area contributed by atoms with Crippen LogP contribution in [0, 0.1) is 0 Å². The second kappa shape index (κ2) is 10.7. The third-order valence-electron chi connectivity index (χ3n) is 6.80. The fourth-order valence-electron chi connectivity index (χ4n) is 4.89. The molecule has 1 spiro atoms. The van der Waals surface area contributed by atoms with E-state index in [4.69, 9.17) is 9.47 Å². The van der Waals surface area contributed by atoms with Gasteiger partial charge in [0.05, 0.1) is 31.8 Å². The van der Waals surface area contributed by atoms with Gasteiger partial charge in [-0.15, -0.1) is 0 Å². The van der Waals surface area contributed by atoms with Crippen molar-refractivity contribution in [3.63, 3.8) is 0 Å². The van der Waals surface area contributed by atoms with Crippen molar-refractivity contribution in [3.05, 3.63) is 41.5 Å². The Balaban J connectivity index is 1.44. The van der Waals surface area contributed by atoms with Crippen LogP contribution in [0.25, 0.3) is 0 Å². The van der Waals surface area contributed by atoms with E-state index in [0.717, 1.165) is 37.3 Å². The zero-order valence-corrected chi connectivity index (χ0v) is 20.8. The number of piperidine rings is 1. The van der Waals surface area contributed by atoms with Gasteiger partial charge in [0.15, 0.2) is 11.5 Å². The van der Waals surface area contributed by atoms with Crippen molar-refractivity contribution < 1.29 is 19.1 Å². The van der Waals surface area contributed by atoms with Crippen molar-refractivity contribution in [2.24, 2.45) is 0 Å². The summed E-state index contributed by atoms with van der Waals surface area (Å²) in [5, 5.41) is 6.62. The highest BCUT2D eigenvalue weighted by Gasteiger charge is 2.42. The van der Waals surface area contributed by atoms with Gasteiger partial charge in [0.25, 0.3) is 5.91 Å². The fourth-order valence-corrected chi connectivity index (χ4v) is 5.36. The highest BCUT2D eigenvalue weighted by atomic mass is 32.2. The molecule has 4 rings (SSSR count). The van der Waals surface area contributed by atoms with Crippen LogP contribution in [0.3, 0.4) is 0 Å². The highest BCUT2D eigenvalue weighted by molar-refractivity contribution is 7.98. The Bertz CT molecular complexity index is 1020. The zero-order chi connectivity index (χ0) is 24.1.